The summed E-state index contributed by atoms with van der Waals surface area (Å²) < 4.78 is 1.02. The van der Waals surface area contributed by atoms with Crippen LogP contribution in [0.4, 0.5) is 11.4 Å². The largest absolute Gasteiger partial charge is 0.379 e. The van der Waals surface area contributed by atoms with E-state index in [0.717, 1.165) is 9.26 Å². The number of benzene rings is 2. The van der Waals surface area contributed by atoms with E-state index in [0.29, 0.717) is 15.6 Å². The Morgan fingerprint density at radius 2 is 1.95 bits per heavy atom. The molecule has 2 rings (SSSR count). The Morgan fingerprint density at radius 3 is 2.60 bits per heavy atom. The first-order chi connectivity index (χ1) is 9.47. The first-order valence-corrected chi connectivity index (χ1v) is 7.42. The first-order valence-electron chi connectivity index (χ1n) is 5.59. The molecule has 0 amide bonds. The van der Waals surface area contributed by atoms with Crippen molar-refractivity contribution in [1.29, 1.82) is 0 Å². The zero-order valence-corrected chi connectivity index (χ0v) is 13.7. The van der Waals surface area contributed by atoms with Gasteiger partial charge in [-0.2, -0.15) is 0 Å². The van der Waals surface area contributed by atoms with Gasteiger partial charge in [0.25, 0.3) is 5.69 Å². The monoisotopic (exact) mass is 422 g/mol. The molecule has 0 fully saturated rings. The third-order valence-corrected chi connectivity index (χ3v) is 3.86. The van der Waals surface area contributed by atoms with Gasteiger partial charge in [-0.25, -0.2) is 0 Å². The van der Waals surface area contributed by atoms with Gasteiger partial charge in [-0.05, 0) is 52.9 Å². The highest BCUT2D eigenvalue weighted by atomic mass is 127. The summed E-state index contributed by atoms with van der Waals surface area (Å²) in [6, 6.07) is 10.0. The second kappa shape index (κ2) is 6.60. The molecule has 2 aromatic rings. The number of nitrogens with one attached hydrogen (secondary N) is 1. The highest BCUT2D eigenvalue weighted by Crippen LogP contribution is 2.27. The fourth-order valence-corrected chi connectivity index (χ4v) is 2.81. The van der Waals surface area contributed by atoms with E-state index in [2.05, 4.69) is 27.9 Å². The lowest BCUT2D eigenvalue weighted by Crippen LogP contribution is -2.03. The van der Waals surface area contributed by atoms with Crippen LogP contribution >= 0.6 is 45.8 Å². The molecule has 0 aliphatic rings. The van der Waals surface area contributed by atoms with Gasteiger partial charge >= 0.3 is 0 Å². The van der Waals surface area contributed by atoms with Crippen LogP contribution in [0, 0.1) is 13.7 Å². The Morgan fingerprint density at radius 1 is 1.20 bits per heavy atom. The maximum Gasteiger partial charge on any atom is 0.274 e. The zero-order valence-electron chi connectivity index (χ0n) is 10.1. The topological polar surface area (TPSA) is 55.2 Å². The second-order valence-corrected chi connectivity index (χ2v) is 6.10. The van der Waals surface area contributed by atoms with Crippen LogP contribution in [0.1, 0.15) is 5.56 Å². The Hall–Kier alpha value is -1.05. The van der Waals surface area contributed by atoms with E-state index in [1.807, 2.05) is 18.2 Å². The number of halogens is 3. The van der Waals surface area contributed by atoms with Crippen LogP contribution in [0.2, 0.25) is 10.0 Å². The summed E-state index contributed by atoms with van der Waals surface area (Å²) in [4.78, 5) is 10.5. The maximum atomic E-state index is 11.0. The van der Waals surface area contributed by atoms with Crippen LogP contribution in [0.25, 0.3) is 0 Å². The molecular weight excluding hydrogens is 414 g/mol. The van der Waals surface area contributed by atoms with E-state index >= 15 is 0 Å². The third kappa shape index (κ3) is 3.74. The number of nitrogens with zero attached hydrogens (tertiary/aromatic N) is 1. The van der Waals surface area contributed by atoms with Crippen LogP contribution in [0.15, 0.2) is 36.4 Å². The van der Waals surface area contributed by atoms with E-state index in [9.17, 15) is 10.1 Å². The van der Waals surface area contributed by atoms with Crippen molar-refractivity contribution < 1.29 is 4.92 Å². The zero-order chi connectivity index (χ0) is 14.7. The van der Waals surface area contributed by atoms with Crippen molar-refractivity contribution in [2.45, 2.75) is 6.54 Å². The van der Waals surface area contributed by atoms with E-state index in [-0.39, 0.29) is 12.2 Å². The van der Waals surface area contributed by atoms with Crippen LogP contribution in [0.3, 0.4) is 0 Å². The van der Waals surface area contributed by atoms with E-state index < -0.39 is 4.92 Å². The minimum Gasteiger partial charge on any atom is -0.379 e. The third-order valence-electron chi connectivity index (χ3n) is 2.64. The lowest BCUT2D eigenvalue weighted by molar-refractivity contribution is -0.385. The van der Waals surface area contributed by atoms with Crippen molar-refractivity contribution in [1.82, 2.24) is 0 Å². The summed E-state index contributed by atoms with van der Waals surface area (Å²) in [5.74, 6) is 0. The van der Waals surface area contributed by atoms with Crippen molar-refractivity contribution in [3.8, 4) is 0 Å². The molecule has 0 atom stereocenters. The summed E-state index contributed by atoms with van der Waals surface area (Å²) in [5, 5.41) is 15.1. The molecule has 0 aromatic heterocycles. The summed E-state index contributed by atoms with van der Waals surface area (Å²) in [5.41, 5.74) is 1.27. The molecule has 0 aliphatic heterocycles. The van der Waals surface area contributed by atoms with Crippen LogP contribution in [0.5, 0.6) is 0 Å². The van der Waals surface area contributed by atoms with Crippen molar-refractivity contribution in [3.05, 3.63) is 65.7 Å². The Balaban J connectivity index is 2.22. The Kier molecular flexibility index (Phi) is 5.06. The molecule has 4 nitrogen and oxygen atoms in total. The molecule has 7 heteroatoms. The number of hydrogen-bond donors (Lipinski definition) is 1. The number of nitro benzene ring substituents is 1. The molecule has 0 saturated heterocycles. The molecule has 20 heavy (non-hydrogen) atoms. The lowest BCUT2D eigenvalue weighted by atomic mass is 10.1. The van der Waals surface area contributed by atoms with E-state index in [1.54, 1.807) is 6.07 Å². The van der Waals surface area contributed by atoms with Crippen LogP contribution < -0.4 is 5.32 Å². The fourth-order valence-electron chi connectivity index (χ4n) is 1.70. The molecule has 0 heterocycles. The molecule has 104 valence electrons. The molecule has 0 bridgehead atoms. The number of nitro groups is 1. The summed E-state index contributed by atoms with van der Waals surface area (Å²) in [6.07, 6.45) is 0. The normalized spacial score (nSPS) is 10.3. The second-order valence-electron chi connectivity index (χ2n) is 4.01. The number of anilines is 1. The van der Waals surface area contributed by atoms with Gasteiger partial charge in [0.15, 0.2) is 0 Å². The van der Waals surface area contributed by atoms with Crippen LogP contribution in [-0.2, 0) is 6.54 Å². The summed E-state index contributed by atoms with van der Waals surface area (Å²) in [7, 11) is 0. The predicted molar refractivity (Wildman–Crippen MR) is 89.6 cm³/mol. The molecule has 0 radical (unpaired) electrons. The van der Waals surface area contributed by atoms with Gasteiger partial charge < -0.3 is 5.32 Å². The smallest absolute Gasteiger partial charge is 0.274 e. The number of rotatable bonds is 4. The fraction of sp³-hybridized carbons (Fsp3) is 0.0769. The van der Waals surface area contributed by atoms with Crippen molar-refractivity contribution in [2.24, 2.45) is 0 Å². The Bertz CT molecular complexity index is 665. The summed E-state index contributed by atoms with van der Waals surface area (Å²) in [6.45, 7) is 0.275. The highest BCUT2D eigenvalue weighted by molar-refractivity contribution is 14.1. The highest BCUT2D eigenvalue weighted by Gasteiger charge is 2.14. The molecular formula is C13H9Cl2IN2O2. The molecule has 0 unspecified atom stereocenters. The Labute approximate surface area is 139 Å². The van der Waals surface area contributed by atoms with Gasteiger partial charge in [-0.15, -0.1) is 0 Å². The van der Waals surface area contributed by atoms with Gasteiger partial charge in [0.1, 0.15) is 0 Å². The van der Waals surface area contributed by atoms with Gasteiger partial charge in [-0.3, -0.25) is 10.1 Å². The SMILES string of the molecule is O=[N+]([O-])c1ccc(Cl)cc1CNc1ccc(I)cc1Cl. The molecule has 0 spiro atoms. The average Bonchev–Trinajstić information content (AvgIpc) is 2.37. The lowest BCUT2D eigenvalue weighted by Gasteiger charge is -2.09. The summed E-state index contributed by atoms with van der Waals surface area (Å²) >= 11 is 14.1. The van der Waals surface area contributed by atoms with Gasteiger partial charge in [-0.1, -0.05) is 23.2 Å². The molecule has 2 aromatic carbocycles. The van der Waals surface area contributed by atoms with Crippen molar-refractivity contribution in [2.75, 3.05) is 5.32 Å². The molecule has 0 aliphatic carbocycles. The molecule has 1 N–H and O–H groups in total. The van der Waals surface area contributed by atoms with Crippen molar-refractivity contribution in [3.63, 3.8) is 0 Å². The number of hydrogen-bond acceptors (Lipinski definition) is 3. The van der Waals surface area contributed by atoms with Crippen LogP contribution in [-0.4, -0.2) is 4.92 Å². The minimum absolute atomic E-state index is 0.0311. The predicted octanol–water partition coefficient (Wildman–Crippen LogP) is 5.12. The van der Waals surface area contributed by atoms with E-state index in [4.69, 9.17) is 23.2 Å². The van der Waals surface area contributed by atoms with Gasteiger partial charge in [0.05, 0.1) is 21.2 Å². The first kappa shape index (κ1) is 15.3. The standard InChI is InChI=1S/C13H9Cl2IN2O2/c14-9-1-4-13(18(19)20)8(5-9)7-17-12-3-2-10(16)6-11(12)15/h1-6,17H,7H2. The average molecular weight is 423 g/mol. The van der Waals surface area contributed by atoms with Gasteiger partial charge in [0.2, 0.25) is 0 Å². The van der Waals surface area contributed by atoms with E-state index in [1.165, 1.54) is 12.1 Å². The quantitative estimate of drug-likeness (QED) is 0.422. The van der Waals surface area contributed by atoms with Crippen molar-refractivity contribution >= 4 is 57.2 Å². The maximum absolute atomic E-state index is 11.0. The van der Waals surface area contributed by atoms with Gasteiger partial charge in [0, 0.05) is 21.2 Å². The molecule has 0 saturated carbocycles. The minimum atomic E-state index is -0.428.